The molecule has 1 aliphatic heterocycles. The Morgan fingerprint density at radius 2 is 2.10 bits per heavy atom. The van der Waals surface area contributed by atoms with Crippen LogP contribution >= 0.6 is 0 Å². The number of hydrogen-bond acceptors (Lipinski definition) is 4. The number of anilines is 1. The molecule has 1 aromatic rings. The highest BCUT2D eigenvalue weighted by Crippen LogP contribution is 2.22. The maximum Gasteiger partial charge on any atom is 0.129 e. The number of rotatable bonds is 5. The number of morpholine rings is 1. The van der Waals surface area contributed by atoms with Crippen molar-refractivity contribution in [1.29, 1.82) is 0 Å². The molecule has 1 aliphatic rings. The minimum Gasteiger partial charge on any atom is -0.378 e. The first-order chi connectivity index (χ1) is 9.70. The first-order valence-corrected chi connectivity index (χ1v) is 7.55. The molecule has 2 heterocycles. The summed E-state index contributed by atoms with van der Waals surface area (Å²) in [6.45, 7) is 9.76. The molecule has 1 saturated heterocycles. The molecule has 0 unspecified atom stereocenters. The summed E-state index contributed by atoms with van der Waals surface area (Å²) in [4.78, 5) is 11.7. The molecule has 0 N–H and O–H groups in total. The monoisotopic (exact) mass is 275 g/mol. The largest absolute Gasteiger partial charge is 0.378 e. The van der Waals surface area contributed by atoms with E-state index in [0.717, 1.165) is 49.9 Å². The highest BCUT2D eigenvalue weighted by atomic mass is 16.5. The van der Waals surface area contributed by atoms with Gasteiger partial charge in [-0.25, -0.2) is 4.98 Å². The summed E-state index contributed by atoms with van der Waals surface area (Å²) in [6, 6.07) is 4.16. The van der Waals surface area contributed by atoms with Gasteiger partial charge in [-0.3, -0.25) is 4.99 Å². The van der Waals surface area contributed by atoms with Gasteiger partial charge in [0.1, 0.15) is 5.82 Å². The Kier molecular flexibility index (Phi) is 5.53. The summed E-state index contributed by atoms with van der Waals surface area (Å²) in [5, 5.41) is 0. The molecule has 2 rings (SSSR count). The third-order valence-corrected chi connectivity index (χ3v) is 3.58. The van der Waals surface area contributed by atoms with Crippen LogP contribution in [-0.2, 0) is 4.74 Å². The lowest BCUT2D eigenvalue weighted by Crippen LogP contribution is -2.36. The van der Waals surface area contributed by atoms with Crippen molar-refractivity contribution in [2.24, 2.45) is 4.99 Å². The predicted octanol–water partition coefficient (Wildman–Crippen LogP) is 3.51. The van der Waals surface area contributed by atoms with E-state index in [1.54, 1.807) is 0 Å². The van der Waals surface area contributed by atoms with Gasteiger partial charge in [-0.15, -0.1) is 0 Å². The van der Waals surface area contributed by atoms with Crippen molar-refractivity contribution in [3.8, 4) is 0 Å². The number of nitrogens with zero attached hydrogens (tertiary/aromatic N) is 3. The van der Waals surface area contributed by atoms with Gasteiger partial charge in [0.15, 0.2) is 0 Å². The second-order valence-corrected chi connectivity index (χ2v) is 5.32. The molecule has 0 atom stereocenters. The molecule has 4 heteroatoms. The predicted molar refractivity (Wildman–Crippen MR) is 84.3 cm³/mol. The van der Waals surface area contributed by atoms with Crippen molar-refractivity contribution < 1.29 is 4.74 Å². The molecule has 0 bridgehead atoms. The molecule has 0 spiro atoms. The zero-order valence-electron chi connectivity index (χ0n) is 12.9. The van der Waals surface area contributed by atoms with Crippen LogP contribution in [0, 0.1) is 6.92 Å². The molecule has 110 valence electrons. The van der Waals surface area contributed by atoms with Gasteiger partial charge in [0.05, 0.1) is 24.6 Å². The molecule has 0 amide bonds. The van der Waals surface area contributed by atoms with E-state index in [2.05, 4.69) is 30.9 Å². The Bertz CT molecular complexity index is 465. The number of aryl methyl sites for hydroxylation is 1. The summed E-state index contributed by atoms with van der Waals surface area (Å²) >= 11 is 0. The van der Waals surface area contributed by atoms with Gasteiger partial charge in [0.25, 0.3) is 0 Å². The van der Waals surface area contributed by atoms with Gasteiger partial charge in [-0.05, 0) is 38.8 Å². The Labute approximate surface area is 121 Å². The van der Waals surface area contributed by atoms with E-state index in [9.17, 15) is 0 Å². The Hall–Kier alpha value is -1.42. The van der Waals surface area contributed by atoms with Gasteiger partial charge < -0.3 is 9.64 Å². The maximum atomic E-state index is 5.37. The van der Waals surface area contributed by atoms with E-state index >= 15 is 0 Å². The van der Waals surface area contributed by atoms with E-state index in [1.807, 2.05) is 6.92 Å². The fraction of sp³-hybridized carbons (Fsp3) is 0.625. The van der Waals surface area contributed by atoms with E-state index < -0.39 is 0 Å². The fourth-order valence-electron chi connectivity index (χ4n) is 2.32. The third-order valence-electron chi connectivity index (χ3n) is 3.58. The minimum atomic E-state index is 0.788. The molecule has 0 saturated carbocycles. The Morgan fingerprint density at radius 1 is 1.35 bits per heavy atom. The number of aliphatic imine (C=N–C) groups is 1. The topological polar surface area (TPSA) is 37.7 Å². The maximum absolute atomic E-state index is 5.37. The molecule has 1 fully saturated rings. The summed E-state index contributed by atoms with van der Waals surface area (Å²) in [7, 11) is 0. The summed E-state index contributed by atoms with van der Waals surface area (Å²) in [5.41, 5.74) is 3.19. The van der Waals surface area contributed by atoms with Crippen LogP contribution in [-0.4, -0.2) is 37.0 Å². The second-order valence-electron chi connectivity index (χ2n) is 5.32. The Morgan fingerprint density at radius 3 is 2.75 bits per heavy atom. The van der Waals surface area contributed by atoms with Crippen LogP contribution in [0.5, 0.6) is 0 Å². The normalized spacial score (nSPS) is 16.6. The van der Waals surface area contributed by atoms with Crippen molar-refractivity contribution in [2.45, 2.75) is 40.0 Å². The lowest BCUT2D eigenvalue weighted by atomic mass is 10.2. The minimum absolute atomic E-state index is 0.788. The molecule has 0 aliphatic carbocycles. The van der Waals surface area contributed by atoms with Crippen molar-refractivity contribution >= 4 is 17.2 Å². The molecular weight excluding hydrogens is 250 g/mol. The van der Waals surface area contributed by atoms with Crippen molar-refractivity contribution in [2.75, 3.05) is 31.2 Å². The highest BCUT2D eigenvalue weighted by molar-refractivity contribution is 5.84. The number of unbranched alkanes of at least 4 members (excludes halogenated alkanes) is 1. The number of pyridine rings is 1. The van der Waals surface area contributed by atoms with Gasteiger partial charge in [-0.1, -0.05) is 13.3 Å². The highest BCUT2D eigenvalue weighted by Gasteiger charge is 2.13. The van der Waals surface area contributed by atoms with E-state index in [0.29, 0.717) is 0 Å². The lowest BCUT2D eigenvalue weighted by molar-refractivity contribution is 0.122. The molecule has 4 nitrogen and oxygen atoms in total. The summed E-state index contributed by atoms with van der Waals surface area (Å²) in [5.74, 6) is 1.04. The van der Waals surface area contributed by atoms with Gasteiger partial charge in [0.2, 0.25) is 0 Å². The molecule has 0 aromatic carbocycles. The molecular formula is C16H25N3O. The SMILES string of the molecule is CCCCC(C)=Nc1ccc(N2CCOCC2)nc1C. The van der Waals surface area contributed by atoms with Crippen LogP contribution in [0.2, 0.25) is 0 Å². The fourth-order valence-corrected chi connectivity index (χ4v) is 2.32. The van der Waals surface area contributed by atoms with Crippen molar-refractivity contribution in [3.05, 3.63) is 17.8 Å². The number of hydrogen-bond donors (Lipinski definition) is 0. The zero-order chi connectivity index (χ0) is 14.4. The van der Waals surface area contributed by atoms with Crippen molar-refractivity contribution in [1.82, 2.24) is 4.98 Å². The molecule has 1 aromatic heterocycles. The van der Waals surface area contributed by atoms with Gasteiger partial charge >= 0.3 is 0 Å². The average Bonchev–Trinajstić information content (AvgIpc) is 2.48. The smallest absolute Gasteiger partial charge is 0.129 e. The van der Waals surface area contributed by atoms with Crippen LogP contribution in [0.15, 0.2) is 17.1 Å². The zero-order valence-corrected chi connectivity index (χ0v) is 12.9. The lowest BCUT2D eigenvalue weighted by Gasteiger charge is -2.28. The van der Waals surface area contributed by atoms with Crippen LogP contribution < -0.4 is 4.90 Å². The van der Waals surface area contributed by atoms with Crippen LogP contribution in [0.4, 0.5) is 11.5 Å². The second kappa shape index (κ2) is 7.39. The average molecular weight is 275 g/mol. The number of ether oxygens (including phenoxy) is 1. The molecule has 20 heavy (non-hydrogen) atoms. The van der Waals surface area contributed by atoms with Gasteiger partial charge in [0, 0.05) is 18.8 Å². The van der Waals surface area contributed by atoms with E-state index in [-0.39, 0.29) is 0 Å². The van der Waals surface area contributed by atoms with Gasteiger partial charge in [-0.2, -0.15) is 0 Å². The van der Waals surface area contributed by atoms with E-state index in [1.165, 1.54) is 18.6 Å². The summed E-state index contributed by atoms with van der Waals surface area (Å²) in [6.07, 6.45) is 3.48. The first-order valence-electron chi connectivity index (χ1n) is 7.55. The first kappa shape index (κ1) is 15.0. The standard InChI is InChI=1S/C16H25N3O/c1-4-5-6-13(2)17-15-7-8-16(18-14(15)3)19-9-11-20-12-10-19/h7-8H,4-6,9-12H2,1-3H3. The van der Waals surface area contributed by atoms with Crippen LogP contribution in [0.1, 0.15) is 38.8 Å². The molecule has 0 radical (unpaired) electrons. The number of aromatic nitrogens is 1. The Balaban J connectivity index is 2.09. The third kappa shape index (κ3) is 4.04. The van der Waals surface area contributed by atoms with E-state index in [4.69, 9.17) is 14.7 Å². The van der Waals surface area contributed by atoms with Crippen LogP contribution in [0.3, 0.4) is 0 Å². The quantitative estimate of drug-likeness (QED) is 0.772. The summed E-state index contributed by atoms with van der Waals surface area (Å²) < 4.78 is 5.37. The van der Waals surface area contributed by atoms with Crippen LogP contribution in [0.25, 0.3) is 0 Å². The van der Waals surface area contributed by atoms with Crippen molar-refractivity contribution in [3.63, 3.8) is 0 Å².